The van der Waals surface area contributed by atoms with Crippen molar-refractivity contribution < 1.29 is 19.7 Å². The SMILES string of the molecule is CC(=[NH2+])N=C(NC(=O)OC(C)(C)C)C1C2(N)COC1(c1nc3c(C)cc(N4CC[C@](C)(c5ccccc5)C4)cn3n1)C2. The number of fused-ring (bicyclic) bond motifs is 2. The van der Waals surface area contributed by atoms with E-state index in [9.17, 15) is 4.79 Å². The fourth-order valence-electron chi connectivity index (χ4n) is 6.83. The van der Waals surface area contributed by atoms with Crippen LogP contribution in [0.15, 0.2) is 47.6 Å². The highest BCUT2D eigenvalue weighted by Crippen LogP contribution is 2.60. The summed E-state index contributed by atoms with van der Waals surface area (Å²) in [6.07, 6.45) is 2.96. The van der Waals surface area contributed by atoms with E-state index in [2.05, 4.69) is 58.5 Å². The second-order valence-electron chi connectivity index (χ2n) is 13.5. The zero-order valence-corrected chi connectivity index (χ0v) is 25.3. The number of ether oxygens (including phenoxy) is 2. The first kappa shape index (κ1) is 28.3. The molecule has 3 aromatic rings. The number of anilines is 1. The third-order valence-electron chi connectivity index (χ3n) is 8.72. The van der Waals surface area contributed by atoms with Gasteiger partial charge in [-0.1, -0.05) is 37.3 Å². The summed E-state index contributed by atoms with van der Waals surface area (Å²) in [5, 5.41) is 13.7. The number of hydrogen-bond acceptors (Lipinski definition) is 7. The number of aryl methyl sites for hydroxylation is 1. The van der Waals surface area contributed by atoms with Crippen molar-refractivity contribution in [3.8, 4) is 0 Å². The minimum absolute atomic E-state index is 0.0763. The molecule has 42 heavy (non-hydrogen) atoms. The topological polar surface area (TPSA) is 145 Å². The van der Waals surface area contributed by atoms with Gasteiger partial charge in [-0.05, 0) is 56.3 Å². The van der Waals surface area contributed by atoms with E-state index >= 15 is 0 Å². The van der Waals surface area contributed by atoms with Crippen molar-refractivity contribution >= 4 is 29.1 Å². The molecular formula is C31H41N8O3+. The van der Waals surface area contributed by atoms with Crippen molar-refractivity contribution in [1.82, 2.24) is 19.9 Å². The van der Waals surface area contributed by atoms with E-state index in [4.69, 9.17) is 30.7 Å². The predicted molar refractivity (Wildman–Crippen MR) is 160 cm³/mol. The van der Waals surface area contributed by atoms with Gasteiger partial charge in [0.25, 0.3) is 5.84 Å². The second kappa shape index (κ2) is 9.60. The maximum atomic E-state index is 12.8. The van der Waals surface area contributed by atoms with Crippen molar-refractivity contribution in [3.63, 3.8) is 0 Å². The van der Waals surface area contributed by atoms with E-state index in [1.807, 2.05) is 17.6 Å². The van der Waals surface area contributed by atoms with Crippen LogP contribution in [-0.2, 0) is 20.5 Å². The number of rotatable bonds is 4. The number of carbonyl (C=O) groups excluding carboxylic acids is 1. The Morgan fingerprint density at radius 2 is 2.02 bits per heavy atom. The molecule has 3 saturated heterocycles. The number of amides is 1. The number of benzene rings is 1. The molecule has 2 bridgehead atoms. The van der Waals surface area contributed by atoms with Crippen LogP contribution in [0.4, 0.5) is 10.5 Å². The highest BCUT2D eigenvalue weighted by molar-refractivity contribution is 6.04. The van der Waals surface area contributed by atoms with E-state index in [0.29, 0.717) is 18.1 Å². The van der Waals surface area contributed by atoms with E-state index in [-0.39, 0.29) is 17.9 Å². The number of nitrogens with one attached hydrogen (secondary N) is 1. The largest absolute Gasteiger partial charge is 0.444 e. The van der Waals surface area contributed by atoms with Gasteiger partial charge in [-0.25, -0.2) is 14.3 Å². The highest BCUT2D eigenvalue weighted by Gasteiger charge is 2.74. The van der Waals surface area contributed by atoms with Gasteiger partial charge >= 0.3 is 6.09 Å². The Kier molecular flexibility index (Phi) is 6.47. The number of pyridine rings is 1. The average molecular weight is 574 g/mol. The third-order valence-corrected chi connectivity index (χ3v) is 8.72. The Hall–Kier alpha value is -3.83. The molecule has 1 amide bonds. The number of aromatic nitrogens is 3. The van der Waals surface area contributed by atoms with Crippen molar-refractivity contribution in [1.29, 1.82) is 0 Å². The molecule has 0 spiro atoms. The molecule has 1 aromatic carbocycles. The number of nitrogens with two attached hydrogens (primary N) is 2. The molecule has 5 heterocycles. The lowest BCUT2D eigenvalue weighted by Crippen LogP contribution is -2.68. The van der Waals surface area contributed by atoms with Gasteiger partial charge in [-0.3, -0.25) is 10.7 Å². The summed E-state index contributed by atoms with van der Waals surface area (Å²) >= 11 is 0. The Labute approximate surface area is 246 Å². The maximum Gasteiger partial charge on any atom is 0.414 e. The Balaban J connectivity index is 1.32. The first-order chi connectivity index (χ1) is 19.7. The van der Waals surface area contributed by atoms with Crippen LogP contribution in [0.5, 0.6) is 0 Å². The molecule has 222 valence electrons. The molecule has 4 fully saturated rings. The number of aliphatic imine (C=N–C) groups is 1. The summed E-state index contributed by atoms with van der Waals surface area (Å²) in [7, 11) is 0. The summed E-state index contributed by atoms with van der Waals surface area (Å²) in [5.41, 5.74) is 8.68. The van der Waals surface area contributed by atoms with Gasteiger partial charge in [0.1, 0.15) is 11.2 Å². The standard InChI is InChI=1S/C31H40N8O3/c1-19-14-22(38-13-12-29(6,17-38)21-10-8-7-9-11-21)15-39-25(19)36-26(37-39)31-16-30(33,18-41-31)23(31)24(34-20(2)32)35-27(40)42-28(3,4)5/h7-11,14-15,23H,12-13,16-18,33H2,1-6H3,(H2,32,34,35,40)/p+1/t23?,29-,30?,31?/m0/s1. The van der Waals surface area contributed by atoms with Gasteiger partial charge in [0, 0.05) is 31.8 Å². The monoisotopic (exact) mass is 573 g/mol. The van der Waals surface area contributed by atoms with Crippen LogP contribution in [0.1, 0.15) is 64.4 Å². The Morgan fingerprint density at radius 1 is 1.29 bits per heavy atom. The van der Waals surface area contributed by atoms with Crippen molar-refractivity contribution in [3.05, 3.63) is 59.5 Å². The summed E-state index contributed by atoms with van der Waals surface area (Å²) in [4.78, 5) is 24.6. The normalized spacial score (nSPS) is 29.1. The van der Waals surface area contributed by atoms with E-state index in [0.717, 1.165) is 36.4 Å². The first-order valence-electron chi connectivity index (χ1n) is 14.5. The highest BCUT2D eigenvalue weighted by atomic mass is 16.6. The zero-order valence-electron chi connectivity index (χ0n) is 25.3. The van der Waals surface area contributed by atoms with Gasteiger partial charge in [-0.2, -0.15) is 0 Å². The van der Waals surface area contributed by atoms with E-state index < -0.39 is 28.8 Å². The molecule has 3 unspecified atom stereocenters. The van der Waals surface area contributed by atoms with Crippen LogP contribution in [0.25, 0.3) is 5.65 Å². The van der Waals surface area contributed by atoms with Crippen molar-refractivity contribution in [2.24, 2.45) is 16.6 Å². The fourth-order valence-corrected chi connectivity index (χ4v) is 6.83. The van der Waals surface area contributed by atoms with Gasteiger partial charge < -0.3 is 20.1 Å². The number of carbonyl (C=O) groups is 1. The molecule has 11 nitrogen and oxygen atoms in total. The third kappa shape index (κ3) is 4.74. The zero-order chi connectivity index (χ0) is 30.1. The number of nitrogens with zero attached hydrogens (tertiary/aromatic N) is 5. The van der Waals surface area contributed by atoms with Crippen molar-refractivity contribution in [2.75, 3.05) is 24.6 Å². The molecule has 0 radical (unpaired) electrons. The Morgan fingerprint density at radius 3 is 2.69 bits per heavy atom. The lowest BCUT2D eigenvalue weighted by molar-refractivity contribution is -0.115. The molecule has 7 rings (SSSR count). The van der Waals surface area contributed by atoms with Crippen LogP contribution in [0.2, 0.25) is 0 Å². The average Bonchev–Trinajstić information content (AvgIpc) is 3.64. The molecule has 1 saturated carbocycles. The predicted octanol–water partition coefficient (Wildman–Crippen LogP) is 2.25. The van der Waals surface area contributed by atoms with Gasteiger partial charge in [0.05, 0.1) is 29.9 Å². The lowest BCUT2D eigenvalue weighted by atomic mass is 9.58. The van der Waals surface area contributed by atoms with Crippen LogP contribution in [-0.4, -0.2) is 63.2 Å². The maximum absolute atomic E-state index is 12.8. The summed E-state index contributed by atoms with van der Waals surface area (Å²) in [6.45, 7) is 13.6. The quantitative estimate of drug-likeness (QED) is 0.321. The number of hydrogen-bond donors (Lipinski definition) is 3. The molecular weight excluding hydrogens is 532 g/mol. The van der Waals surface area contributed by atoms with E-state index in [1.165, 1.54) is 5.56 Å². The molecule has 5 N–H and O–H groups in total. The number of amidine groups is 2. The van der Waals surface area contributed by atoms with E-state index in [1.54, 1.807) is 27.7 Å². The van der Waals surface area contributed by atoms with Gasteiger partial charge in [0.15, 0.2) is 11.5 Å². The lowest BCUT2D eigenvalue weighted by Gasteiger charge is -2.47. The molecule has 4 aliphatic rings. The fraction of sp³-hybridized carbons (Fsp3) is 0.516. The summed E-state index contributed by atoms with van der Waals surface area (Å²) in [5.74, 6) is 0.570. The minimum atomic E-state index is -0.948. The van der Waals surface area contributed by atoms with Crippen LogP contribution >= 0.6 is 0 Å². The Bertz CT molecular complexity index is 1590. The molecule has 4 atom stereocenters. The van der Waals surface area contributed by atoms with Crippen molar-refractivity contribution in [2.45, 2.75) is 76.5 Å². The molecule has 3 aliphatic heterocycles. The smallest absolute Gasteiger partial charge is 0.414 e. The molecule has 11 heteroatoms. The number of alkyl carbamates (subject to hydrolysis) is 1. The van der Waals surface area contributed by atoms with Crippen LogP contribution in [0, 0.1) is 12.8 Å². The van der Waals surface area contributed by atoms with Gasteiger partial charge in [-0.15, -0.1) is 5.10 Å². The van der Waals surface area contributed by atoms with Crippen LogP contribution in [0.3, 0.4) is 0 Å². The molecule has 2 aromatic heterocycles. The van der Waals surface area contributed by atoms with Gasteiger partial charge in [0.2, 0.25) is 5.84 Å². The van der Waals surface area contributed by atoms with Crippen LogP contribution < -0.4 is 21.4 Å². The molecule has 1 aliphatic carbocycles. The first-order valence-corrected chi connectivity index (χ1v) is 14.5. The second-order valence-corrected chi connectivity index (χ2v) is 13.5. The minimum Gasteiger partial charge on any atom is -0.444 e. The summed E-state index contributed by atoms with van der Waals surface area (Å²) < 4.78 is 13.7. The summed E-state index contributed by atoms with van der Waals surface area (Å²) in [6, 6.07) is 12.9.